The van der Waals surface area contributed by atoms with Crippen LogP contribution in [-0.2, 0) is 0 Å². The number of carbonyl (C=O) groups is 1. The summed E-state index contributed by atoms with van der Waals surface area (Å²) in [6.07, 6.45) is 3.04. The number of methoxy groups -OCH3 is 1. The molecule has 1 heterocycles. The van der Waals surface area contributed by atoms with Crippen LogP contribution >= 0.6 is 0 Å². The number of pyridine rings is 1. The fourth-order valence-electron chi connectivity index (χ4n) is 1.01. The summed E-state index contributed by atoms with van der Waals surface area (Å²) in [7, 11) is 1.50. The lowest BCUT2D eigenvalue weighted by molar-refractivity contribution is 0.0951. The maximum atomic E-state index is 11.5. The molecular formula is C9H13N3O2. The maximum Gasteiger partial charge on any atom is 0.255 e. The van der Waals surface area contributed by atoms with Crippen molar-refractivity contribution in [3.8, 4) is 5.75 Å². The molecule has 1 aromatic heterocycles. The van der Waals surface area contributed by atoms with Gasteiger partial charge in [0.15, 0.2) is 0 Å². The summed E-state index contributed by atoms with van der Waals surface area (Å²) in [6.45, 7) is 0.865. The van der Waals surface area contributed by atoms with Gasteiger partial charge in [-0.25, -0.2) is 0 Å². The average molecular weight is 195 g/mol. The van der Waals surface area contributed by atoms with Gasteiger partial charge in [0.1, 0.15) is 5.75 Å². The van der Waals surface area contributed by atoms with Gasteiger partial charge in [-0.3, -0.25) is 9.78 Å². The number of rotatable bonds is 4. The Hall–Kier alpha value is -1.62. The van der Waals surface area contributed by atoms with Crippen LogP contribution in [0.2, 0.25) is 0 Å². The van der Waals surface area contributed by atoms with Crippen molar-refractivity contribution >= 4 is 5.91 Å². The second-order valence-electron chi connectivity index (χ2n) is 2.62. The zero-order valence-electron chi connectivity index (χ0n) is 7.99. The summed E-state index contributed by atoms with van der Waals surface area (Å²) in [5, 5.41) is 2.65. The van der Waals surface area contributed by atoms with E-state index in [0.717, 1.165) is 0 Å². The van der Waals surface area contributed by atoms with Crippen molar-refractivity contribution in [1.82, 2.24) is 10.3 Å². The molecule has 0 atom stereocenters. The quantitative estimate of drug-likeness (QED) is 0.696. The van der Waals surface area contributed by atoms with Crippen molar-refractivity contribution in [2.24, 2.45) is 5.73 Å². The van der Waals surface area contributed by atoms with E-state index in [0.29, 0.717) is 24.4 Å². The monoisotopic (exact) mass is 195 g/mol. The minimum atomic E-state index is -0.199. The molecule has 3 N–H and O–H groups in total. The molecule has 0 saturated heterocycles. The Labute approximate surface area is 82.3 Å². The number of nitrogens with two attached hydrogens (primary N) is 1. The number of hydrogen-bond donors (Lipinski definition) is 2. The van der Waals surface area contributed by atoms with E-state index >= 15 is 0 Å². The number of aromatic nitrogens is 1. The SMILES string of the molecule is COc1cnccc1C(=O)NCCN. The molecule has 5 nitrogen and oxygen atoms in total. The molecule has 5 heteroatoms. The van der Waals surface area contributed by atoms with Crippen LogP contribution in [0.25, 0.3) is 0 Å². The van der Waals surface area contributed by atoms with Crippen molar-refractivity contribution in [3.05, 3.63) is 24.0 Å². The Morgan fingerprint density at radius 2 is 2.50 bits per heavy atom. The number of ether oxygens (including phenoxy) is 1. The minimum Gasteiger partial charge on any atom is -0.494 e. The van der Waals surface area contributed by atoms with E-state index in [9.17, 15) is 4.79 Å². The molecule has 0 spiro atoms. The molecule has 0 aliphatic rings. The van der Waals surface area contributed by atoms with Crippen LogP contribution in [-0.4, -0.2) is 31.1 Å². The topological polar surface area (TPSA) is 77.2 Å². The number of amides is 1. The van der Waals surface area contributed by atoms with Crippen LogP contribution in [0.15, 0.2) is 18.5 Å². The van der Waals surface area contributed by atoms with Gasteiger partial charge in [-0.15, -0.1) is 0 Å². The molecular weight excluding hydrogens is 182 g/mol. The zero-order chi connectivity index (χ0) is 10.4. The molecule has 1 amide bonds. The van der Waals surface area contributed by atoms with Crippen molar-refractivity contribution < 1.29 is 9.53 Å². The van der Waals surface area contributed by atoms with Crippen LogP contribution in [0, 0.1) is 0 Å². The van der Waals surface area contributed by atoms with Crippen LogP contribution in [0.1, 0.15) is 10.4 Å². The van der Waals surface area contributed by atoms with Crippen molar-refractivity contribution in [2.75, 3.05) is 20.2 Å². The third kappa shape index (κ3) is 2.43. The van der Waals surface area contributed by atoms with E-state index in [1.54, 1.807) is 12.3 Å². The number of nitrogens with zero attached hydrogens (tertiary/aromatic N) is 1. The highest BCUT2D eigenvalue weighted by atomic mass is 16.5. The second kappa shape index (κ2) is 5.18. The smallest absolute Gasteiger partial charge is 0.255 e. The van der Waals surface area contributed by atoms with E-state index in [4.69, 9.17) is 10.5 Å². The average Bonchev–Trinajstić information content (AvgIpc) is 2.25. The van der Waals surface area contributed by atoms with E-state index in [1.807, 2.05) is 0 Å². The van der Waals surface area contributed by atoms with Crippen molar-refractivity contribution in [2.45, 2.75) is 0 Å². The highest BCUT2D eigenvalue weighted by Gasteiger charge is 2.10. The van der Waals surface area contributed by atoms with Crippen LogP contribution in [0.3, 0.4) is 0 Å². The van der Waals surface area contributed by atoms with Crippen LogP contribution < -0.4 is 15.8 Å². The summed E-state index contributed by atoms with van der Waals surface area (Å²) >= 11 is 0. The first kappa shape index (κ1) is 10.5. The molecule has 14 heavy (non-hydrogen) atoms. The van der Waals surface area contributed by atoms with Gasteiger partial charge in [0, 0.05) is 19.3 Å². The van der Waals surface area contributed by atoms with Gasteiger partial charge >= 0.3 is 0 Å². The second-order valence-corrected chi connectivity index (χ2v) is 2.62. The van der Waals surface area contributed by atoms with Gasteiger partial charge in [-0.2, -0.15) is 0 Å². The third-order valence-electron chi connectivity index (χ3n) is 1.68. The summed E-state index contributed by atoms with van der Waals surface area (Å²) in [5.74, 6) is 0.261. The van der Waals surface area contributed by atoms with Gasteiger partial charge in [-0.1, -0.05) is 0 Å². The largest absolute Gasteiger partial charge is 0.494 e. The summed E-state index contributed by atoms with van der Waals surface area (Å²) in [4.78, 5) is 15.4. The molecule has 0 unspecified atom stereocenters. The summed E-state index contributed by atoms with van der Waals surface area (Å²) < 4.78 is 4.99. The normalized spacial score (nSPS) is 9.57. The van der Waals surface area contributed by atoms with Crippen molar-refractivity contribution in [1.29, 1.82) is 0 Å². The Balaban J connectivity index is 2.78. The van der Waals surface area contributed by atoms with Gasteiger partial charge in [0.2, 0.25) is 0 Å². The van der Waals surface area contributed by atoms with Gasteiger partial charge < -0.3 is 15.8 Å². The Bertz CT molecular complexity index is 315. The molecule has 76 valence electrons. The molecule has 0 aliphatic heterocycles. The number of nitrogens with one attached hydrogen (secondary N) is 1. The highest BCUT2D eigenvalue weighted by molar-refractivity contribution is 5.96. The molecule has 0 aromatic carbocycles. The molecule has 0 bridgehead atoms. The molecule has 1 rings (SSSR count). The van der Waals surface area contributed by atoms with Crippen molar-refractivity contribution in [3.63, 3.8) is 0 Å². The molecule has 0 radical (unpaired) electrons. The summed E-state index contributed by atoms with van der Waals surface area (Å²) in [5.41, 5.74) is 5.74. The molecule has 0 saturated carbocycles. The van der Waals surface area contributed by atoms with E-state index in [1.165, 1.54) is 13.3 Å². The van der Waals surface area contributed by atoms with Gasteiger partial charge in [0.05, 0.1) is 18.9 Å². The first-order chi connectivity index (χ1) is 6.79. The fraction of sp³-hybridized carbons (Fsp3) is 0.333. The highest BCUT2D eigenvalue weighted by Crippen LogP contribution is 2.14. The lowest BCUT2D eigenvalue weighted by Crippen LogP contribution is -2.29. The Morgan fingerprint density at radius 1 is 1.71 bits per heavy atom. The fourth-order valence-corrected chi connectivity index (χ4v) is 1.01. The standard InChI is InChI=1S/C9H13N3O2/c1-14-8-6-11-4-2-7(8)9(13)12-5-3-10/h2,4,6H,3,5,10H2,1H3,(H,12,13). The van der Waals surface area contributed by atoms with Gasteiger partial charge in [-0.05, 0) is 6.07 Å². The first-order valence-corrected chi connectivity index (χ1v) is 4.26. The Morgan fingerprint density at radius 3 is 3.14 bits per heavy atom. The predicted molar refractivity (Wildman–Crippen MR) is 52.2 cm³/mol. The minimum absolute atomic E-state index is 0.199. The lowest BCUT2D eigenvalue weighted by atomic mass is 10.2. The van der Waals surface area contributed by atoms with E-state index in [2.05, 4.69) is 10.3 Å². The molecule has 1 aromatic rings. The third-order valence-corrected chi connectivity index (χ3v) is 1.68. The number of carbonyl (C=O) groups excluding carboxylic acids is 1. The Kier molecular flexibility index (Phi) is 3.87. The number of hydrogen-bond acceptors (Lipinski definition) is 4. The zero-order valence-corrected chi connectivity index (χ0v) is 7.99. The predicted octanol–water partition coefficient (Wildman–Crippen LogP) is -0.221. The lowest BCUT2D eigenvalue weighted by Gasteiger charge is -2.07. The first-order valence-electron chi connectivity index (χ1n) is 4.26. The van der Waals surface area contributed by atoms with Crippen LogP contribution in [0.4, 0.5) is 0 Å². The van der Waals surface area contributed by atoms with Gasteiger partial charge in [0.25, 0.3) is 5.91 Å². The molecule has 0 fully saturated rings. The van der Waals surface area contributed by atoms with Crippen LogP contribution in [0.5, 0.6) is 5.75 Å². The van der Waals surface area contributed by atoms with E-state index < -0.39 is 0 Å². The molecule has 0 aliphatic carbocycles. The van der Waals surface area contributed by atoms with E-state index in [-0.39, 0.29) is 5.91 Å². The maximum absolute atomic E-state index is 11.5. The summed E-state index contributed by atoms with van der Waals surface area (Å²) in [6, 6.07) is 1.60.